The minimum absolute atomic E-state index is 0.876. The van der Waals surface area contributed by atoms with E-state index in [4.69, 9.17) is 0 Å². The molecule has 1 unspecified atom stereocenters. The fraction of sp³-hybridized carbons (Fsp3) is 1.00. The molecule has 0 amide bonds. The van der Waals surface area contributed by atoms with Crippen molar-refractivity contribution >= 4 is 15.9 Å². The zero-order valence-electron chi connectivity index (χ0n) is 9.63. The highest BCUT2D eigenvalue weighted by Gasteiger charge is 2.27. The number of hydrogen-bond donors (Lipinski definition) is 0. The minimum atomic E-state index is 0.876. The molecule has 88 valence electrons. The third-order valence-corrected chi connectivity index (χ3v) is 4.32. The Kier molecular flexibility index (Phi) is 4.92. The molecule has 0 N–H and O–H groups in total. The molecule has 0 aromatic rings. The average molecular weight is 275 g/mol. The molecule has 1 atom stereocenters. The van der Waals surface area contributed by atoms with E-state index >= 15 is 0 Å². The maximum Gasteiger partial charge on any atom is 0.0235 e. The van der Waals surface area contributed by atoms with Gasteiger partial charge in [0.1, 0.15) is 0 Å². The van der Waals surface area contributed by atoms with Crippen molar-refractivity contribution in [3.05, 3.63) is 0 Å². The molecule has 3 heteroatoms. The summed E-state index contributed by atoms with van der Waals surface area (Å²) in [5.74, 6) is 0. The number of alkyl halides is 1. The third kappa shape index (κ3) is 3.43. The van der Waals surface area contributed by atoms with Crippen LogP contribution < -0.4 is 0 Å². The number of halogens is 1. The van der Waals surface area contributed by atoms with Gasteiger partial charge in [-0.15, -0.1) is 0 Å². The maximum atomic E-state index is 3.51. The van der Waals surface area contributed by atoms with Gasteiger partial charge in [0.2, 0.25) is 0 Å². The van der Waals surface area contributed by atoms with Crippen molar-refractivity contribution < 1.29 is 0 Å². The van der Waals surface area contributed by atoms with E-state index in [1.807, 2.05) is 0 Å². The second-order valence-corrected chi connectivity index (χ2v) is 5.68. The molecule has 0 aromatic heterocycles. The highest BCUT2D eigenvalue weighted by Crippen LogP contribution is 2.20. The first-order chi connectivity index (χ1) is 7.40. The van der Waals surface area contributed by atoms with Crippen LogP contribution in [-0.2, 0) is 0 Å². The molecule has 2 rings (SSSR count). The first kappa shape index (κ1) is 11.9. The SMILES string of the molecule is BrCCCN1CCC(N2CCCCC2)C1. The lowest BCUT2D eigenvalue weighted by molar-refractivity contribution is 0.162. The van der Waals surface area contributed by atoms with Crippen LogP contribution in [0.15, 0.2) is 0 Å². The van der Waals surface area contributed by atoms with Crippen molar-refractivity contribution in [1.82, 2.24) is 9.80 Å². The Hall–Kier alpha value is 0.400. The van der Waals surface area contributed by atoms with E-state index in [0.29, 0.717) is 0 Å². The number of likely N-dealkylation sites (tertiary alicyclic amines) is 2. The van der Waals surface area contributed by atoms with Gasteiger partial charge >= 0.3 is 0 Å². The summed E-state index contributed by atoms with van der Waals surface area (Å²) < 4.78 is 0. The Bertz CT molecular complexity index is 180. The zero-order chi connectivity index (χ0) is 10.5. The first-order valence-electron chi connectivity index (χ1n) is 6.42. The molecule has 2 saturated heterocycles. The van der Waals surface area contributed by atoms with Crippen molar-refractivity contribution in [2.75, 3.05) is 38.1 Å². The van der Waals surface area contributed by atoms with Crippen molar-refractivity contribution in [3.8, 4) is 0 Å². The smallest absolute Gasteiger partial charge is 0.0235 e. The van der Waals surface area contributed by atoms with Crippen LogP contribution in [0.2, 0.25) is 0 Å². The summed E-state index contributed by atoms with van der Waals surface area (Å²) >= 11 is 3.51. The predicted molar refractivity (Wildman–Crippen MR) is 68.7 cm³/mol. The molecular weight excluding hydrogens is 252 g/mol. The standard InChI is InChI=1S/C12H23BrN2/c13-6-4-7-14-10-5-12(11-14)15-8-2-1-3-9-15/h12H,1-11H2. The quantitative estimate of drug-likeness (QED) is 0.727. The summed E-state index contributed by atoms with van der Waals surface area (Å²) in [6, 6.07) is 0.876. The summed E-state index contributed by atoms with van der Waals surface area (Å²) in [6.07, 6.45) is 7.02. The highest BCUT2D eigenvalue weighted by atomic mass is 79.9. The number of piperidine rings is 1. The van der Waals surface area contributed by atoms with E-state index in [0.717, 1.165) is 11.4 Å². The van der Waals surface area contributed by atoms with Gasteiger partial charge in [-0.1, -0.05) is 22.4 Å². The van der Waals surface area contributed by atoms with Crippen molar-refractivity contribution in [3.63, 3.8) is 0 Å². The van der Waals surface area contributed by atoms with Crippen LogP contribution in [0, 0.1) is 0 Å². The normalized spacial score (nSPS) is 29.8. The zero-order valence-corrected chi connectivity index (χ0v) is 11.2. The van der Waals surface area contributed by atoms with Crippen LogP contribution in [-0.4, -0.2) is 53.9 Å². The van der Waals surface area contributed by atoms with Gasteiger partial charge in [-0.25, -0.2) is 0 Å². The highest BCUT2D eigenvalue weighted by molar-refractivity contribution is 9.09. The summed E-state index contributed by atoms with van der Waals surface area (Å²) in [7, 11) is 0. The fourth-order valence-electron chi connectivity index (χ4n) is 2.88. The van der Waals surface area contributed by atoms with Crippen molar-refractivity contribution in [2.45, 2.75) is 38.1 Å². The molecule has 0 radical (unpaired) electrons. The Labute approximate surface area is 102 Å². The van der Waals surface area contributed by atoms with Gasteiger partial charge in [-0.3, -0.25) is 4.90 Å². The van der Waals surface area contributed by atoms with Crippen LogP contribution in [0.3, 0.4) is 0 Å². The topological polar surface area (TPSA) is 6.48 Å². The largest absolute Gasteiger partial charge is 0.302 e. The lowest BCUT2D eigenvalue weighted by atomic mass is 10.1. The van der Waals surface area contributed by atoms with E-state index in [1.165, 1.54) is 64.8 Å². The Morgan fingerprint density at radius 1 is 1.07 bits per heavy atom. The molecule has 2 aliphatic rings. The van der Waals surface area contributed by atoms with Gasteiger partial charge in [0.05, 0.1) is 0 Å². The molecule has 0 saturated carbocycles. The van der Waals surface area contributed by atoms with Crippen LogP contribution in [0.4, 0.5) is 0 Å². The molecule has 0 aromatic carbocycles. The second kappa shape index (κ2) is 6.21. The monoisotopic (exact) mass is 274 g/mol. The van der Waals surface area contributed by atoms with Gasteiger partial charge in [0, 0.05) is 17.9 Å². The lowest BCUT2D eigenvalue weighted by Gasteiger charge is -2.32. The van der Waals surface area contributed by atoms with E-state index in [2.05, 4.69) is 25.7 Å². The van der Waals surface area contributed by atoms with E-state index < -0.39 is 0 Å². The third-order valence-electron chi connectivity index (χ3n) is 3.76. The van der Waals surface area contributed by atoms with Crippen LogP contribution in [0.25, 0.3) is 0 Å². The second-order valence-electron chi connectivity index (χ2n) is 4.88. The predicted octanol–water partition coefficient (Wildman–Crippen LogP) is 2.33. The summed E-state index contributed by atoms with van der Waals surface area (Å²) in [4.78, 5) is 5.37. The molecule has 2 aliphatic heterocycles. The van der Waals surface area contributed by atoms with Crippen LogP contribution >= 0.6 is 15.9 Å². The van der Waals surface area contributed by atoms with Gasteiger partial charge in [0.15, 0.2) is 0 Å². The molecule has 0 aliphatic carbocycles. The Morgan fingerprint density at radius 3 is 2.60 bits per heavy atom. The molecule has 2 fully saturated rings. The van der Waals surface area contributed by atoms with Gasteiger partial charge in [-0.2, -0.15) is 0 Å². The molecule has 2 heterocycles. The van der Waals surface area contributed by atoms with Gasteiger partial charge in [-0.05, 0) is 51.9 Å². The van der Waals surface area contributed by atoms with Crippen LogP contribution in [0.5, 0.6) is 0 Å². The molecule has 15 heavy (non-hydrogen) atoms. The molecule has 2 nitrogen and oxygen atoms in total. The first-order valence-corrected chi connectivity index (χ1v) is 7.54. The molecular formula is C12H23BrN2. The van der Waals surface area contributed by atoms with Crippen LogP contribution in [0.1, 0.15) is 32.1 Å². The molecule has 0 spiro atoms. The van der Waals surface area contributed by atoms with E-state index in [-0.39, 0.29) is 0 Å². The number of nitrogens with zero attached hydrogens (tertiary/aromatic N) is 2. The van der Waals surface area contributed by atoms with Gasteiger partial charge in [0.25, 0.3) is 0 Å². The average Bonchev–Trinajstić information content (AvgIpc) is 2.76. The van der Waals surface area contributed by atoms with E-state index in [9.17, 15) is 0 Å². The fourth-order valence-corrected chi connectivity index (χ4v) is 3.13. The maximum absolute atomic E-state index is 3.51. The van der Waals surface area contributed by atoms with E-state index in [1.54, 1.807) is 0 Å². The minimum Gasteiger partial charge on any atom is -0.302 e. The van der Waals surface area contributed by atoms with Crippen molar-refractivity contribution in [1.29, 1.82) is 0 Å². The number of hydrogen-bond acceptors (Lipinski definition) is 2. The van der Waals surface area contributed by atoms with Crippen molar-refractivity contribution in [2.24, 2.45) is 0 Å². The van der Waals surface area contributed by atoms with Gasteiger partial charge < -0.3 is 4.90 Å². The lowest BCUT2D eigenvalue weighted by Crippen LogP contribution is -2.40. The number of rotatable bonds is 4. The summed E-state index contributed by atoms with van der Waals surface area (Å²) in [5, 5.41) is 1.15. The Morgan fingerprint density at radius 2 is 1.87 bits per heavy atom. The molecule has 0 bridgehead atoms. The Balaban J connectivity index is 1.71. The summed E-state index contributed by atoms with van der Waals surface area (Å²) in [6.45, 7) is 6.66. The summed E-state index contributed by atoms with van der Waals surface area (Å²) in [5.41, 5.74) is 0.